The molecule has 19 heavy (non-hydrogen) atoms. The molecule has 6 nitrogen and oxygen atoms in total. The van der Waals surface area contributed by atoms with Gasteiger partial charge in [0.25, 0.3) is 0 Å². The number of anilines is 2. The van der Waals surface area contributed by atoms with Crippen LogP contribution in [0.3, 0.4) is 0 Å². The third-order valence-electron chi connectivity index (χ3n) is 3.27. The fourth-order valence-corrected chi connectivity index (χ4v) is 2.30. The highest BCUT2D eigenvalue weighted by atomic mass is 15.2. The van der Waals surface area contributed by atoms with Gasteiger partial charge in [0.15, 0.2) is 0 Å². The molecule has 0 aromatic carbocycles. The lowest BCUT2D eigenvalue weighted by atomic mass is 10.1. The van der Waals surface area contributed by atoms with E-state index in [1.54, 1.807) is 0 Å². The molecule has 2 aromatic rings. The number of hydrogen-bond acceptors (Lipinski definition) is 5. The Hall–Kier alpha value is -2.39. The Morgan fingerprint density at radius 1 is 1.42 bits per heavy atom. The summed E-state index contributed by atoms with van der Waals surface area (Å²) in [6.07, 6.45) is 2.70. The Labute approximate surface area is 111 Å². The minimum absolute atomic E-state index is 0.231. The maximum Gasteiger partial charge on any atom is 0.234 e. The Bertz CT molecular complexity index is 625. The van der Waals surface area contributed by atoms with Crippen LogP contribution >= 0.6 is 0 Å². The second-order valence-electron chi connectivity index (χ2n) is 4.45. The standard InChI is InChI=1S/C13H14N6/c1-19(12-3-2-5-16-12)13-9-8-15-6-4-10(9)17-11(7-14)18-13/h2-3,5,15-16H,4,6,8H2,1H3. The molecule has 3 rings (SSSR count). The summed E-state index contributed by atoms with van der Waals surface area (Å²) in [5.74, 6) is 1.96. The monoisotopic (exact) mass is 254 g/mol. The molecule has 0 saturated carbocycles. The summed E-state index contributed by atoms with van der Waals surface area (Å²) in [5, 5.41) is 12.4. The molecule has 0 saturated heterocycles. The summed E-state index contributed by atoms with van der Waals surface area (Å²) >= 11 is 0. The molecule has 3 heterocycles. The van der Waals surface area contributed by atoms with Crippen LogP contribution in [0, 0.1) is 11.3 Å². The molecular formula is C13H14N6. The molecule has 2 N–H and O–H groups in total. The number of nitrogens with zero attached hydrogens (tertiary/aromatic N) is 4. The van der Waals surface area contributed by atoms with E-state index in [0.29, 0.717) is 0 Å². The predicted octanol–water partition coefficient (Wildman–Crippen LogP) is 1.09. The molecule has 0 spiro atoms. The van der Waals surface area contributed by atoms with Crippen molar-refractivity contribution in [1.29, 1.82) is 5.26 Å². The maximum absolute atomic E-state index is 9.06. The zero-order valence-corrected chi connectivity index (χ0v) is 10.6. The van der Waals surface area contributed by atoms with Gasteiger partial charge >= 0.3 is 0 Å². The van der Waals surface area contributed by atoms with Crippen LogP contribution in [0.1, 0.15) is 17.1 Å². The molecule has 0 unspecified atom stereocenters. The quantitative estimate of drug-likeness (QED) is 0.838. The number of hydrogen-bond donors (Lipinski definition) is 2. The van der Waals surface area contributed by atoms with Crippen LogP contribution in [0.25, 0.3) is 0 Å². The molecule has 1 aliphatic rings. The van der Waals surface area contributed by atoms with Crippen LogP contribution in [-0.4, -0.2) is 28.5 Å². The number of nitriles is 1. The maximum atomic E-state index is 9.06. The van der Waals surface area contributed by atoms with Gasteiger partial charge in [0.05, 0.1) is 5.69 Å². The van der Waals surface area contributed by atoms with Crippen LogP contribution in [0.4, 0.5) is 11.6 Å². The minimum Gasteiger partial charge on any atom is -0.348 e. The zero-order valence-electron chi connectivity index (χ0n) is 10.6. The number of fused-ring (bicyclic) bond motifs is 1. The Morgan fingerprint density at radius 3 is 3.05 bits per heavy atom. The lowest BCUT2D eigenvalue weighted by Crippen LogP contribution is -2.28. The topological polar surface area (TPSA) is 80.6 Å². The van der Waals surface area contributed by atoms with Crippen molar-refractivity contribution in [2.24, 2.45) is 0 Å². The van der Waals surface area contributed by atoms with E-state index in [2.05, 4.69) is 20.3 Å². The molecule has 0 atom stereocenters. The fraction of sp³-hybridized carbons (Fsp3) is 0.308. The van der Waals surface area contributed by atoms with Crippen molar-refractivity contribution in [3.63, 3.8) is 0 Å². The smallest absolute Gasteiger partial charge is 0.234 e. The predicted molar refractivity (Wildman–Crippen MR) is 71.0 cm³/mol. The molecule has 0 bridgehead atoms. The molecule has 0 fully saturated rings. The lowest BCUT2D eigenvalue weighted by Gasteiger charge is -2.24. The lowest BCUT2D eigenvalue weighted by molar-refractivity contribution is 0.624. The van der Waals surface area contributed by atoms with Gasteiger partial charge in [0, 0.05) is 38.3 Å². The summed E-state index contributed by atoms with van der Waals surface area (Å²) < 4.78 is 0. The van der Waals surface area contributed by atoms with E-state index in [9.17, 15) is 0 Å². The van der Waals surface area contributed by atoms with Gasteiger partial charge < -0.3 is 15.2 Å². The summed E-state index contributed by atoms with van der Waals surface area (Å²) in [7, 11) is 1.93. The zero-order chi connectivity index (χ0) is 13.2. The van der Waals surface area contributed by atoms with E-state index in [1.807, 2.05) is 36.3 Å². The Kier molecular flexibility index (Phi) is 2.89. The van der Waals surface area contributed by atoms with Gasteiger partial charge in [-0.15, -0.1) is 0 Å². The van der Waals surface area contributed by atoms with Gasteiger partial charge in [0.2, 0.25) is 5.82 Å². The second-order valence-corrected chi connectivity index (χ2v) is 4.45. The van der Waals surface area contributed by atoms with Gasteiger partial charge in [-0.25, -0.2) is 9.97 Å². The molecule has 0 radical (unpaired) electrons. The fourth-order valence-electron chi connectivity index (χ4n) is 2.30. The first kappa shape index (κ1) is 11.7. The van der Waals surface area contributed by atoms with Gasteiger partial charge in [-0.3, -0.25) is 0 Å². The van der Waals surface area contributed by atoms with Crippen LogP contribution in [0.2, 0.25) is 0 Å². The highest BCUT2D eigenvalue weighted by molar-refractivity contribution is 5.60. The third-order valence-corrected chi connectivity index (χ3v) is 3.27. The van der Waals surface area contributed by atoms with Crippen molar-refractivity contribution >= 4 is 11.6 Å². The molecule has 0 amide bonds. The Balaban J connectivity index is 2.11. The van der Waals surface area contributed by atoms with Crippen LogP contribution in [0.5, 0.6) is 0 Å². The van der Waals surface area contributed by atoms with Gasteiger partial charge in [0.1, 0.15) is 17.7 Å². The van der Waals surface area contributed by atoms with Crippen molar-refractivity contribution in [2.45, 2.75) is 13.0 Å². The first-order valence-corrected chi connectivity index (χ1v) is 6.17. The minimum atomic E-state index is 0.231. The first-order valence-electron chi connectivity index (χ1n) is 6.17. The van der Waals surface area contributed by atoms with E-state index >= 15 is 0 Å². The molecule has 96 valence electrons. The van der Waals surface area contributed by atoms with Crippen LogP contribution in [-0.2, 0) is 13.0 Å². The number of nitrogens with one attached hydrogen (secondary N) is 2. The number of rotatable bonds is 2. The van der Waals surface area contributed by atoms with Crippen LogP contribution < -0.4 is 10.2 Å². The highest BCUT2D eigenvalue weighted by Crippen LogP contribution is 2.27. The average molecular weight is 254 g/mol. The summed E-state index contributed by atoms with van der Waals surface area (Å²) in [6.45, 7) is 1.63. The largest absolute Gasteiger partial charge is 0.348 e. The SMILES string of the molecule is CN(c1ccc[nH]1)c1nc(C#N)nc2c1CNCC2. The first-order chi connectivity index (χ1) is 9.29. The van der Waals surface area contributed by atoms with Crippen molar-refractivity contribution in [2.75, 3.05) is 18.5 Å². The average Bonchev–Trinajstić information content (AvgIpc) is 2.99. The highest BCUT2D eigenvalue weighted by Gasteiger charge is 2.20. The number of H-pyrrole nitrogens is 1. The van der Waals surface area contributed by atoms with E-state index in [0.717, 1.165) is 42.4 Å². The third kappa shape index (κ3) is 2.04. The Morgan fingerprint density at radius 2 is 2.32 bits per heavy atom. The van der Waals surface area contributed by atoms with Crippen molar-refractivity contribution in [1.82, 2.24) is 20.3 Å². The van der Waals surface area contributed by atoms with Crippen LogP contribution in [0.15, 0.2) is 18.3 Å². The summed E-state index contributed by atoms with van der Waals surface area (Å²) in [4.78, 5) is 13.8. The number of aromatic nitrogens is 3. The van der Waals surface area contributed by atoms with E-state index < -0.39 is 0 Å². The summed E-state index contributed by atoms with van der Waals surface area (Å²) in [5.41, 5.74) is 2.04. The van der Waals surface area contributed by atoms with Gasteiger partial charge in [-0.2, -0.15) is 5.26 Å². The molecular weight excluding hydrogens is 240 g/mol. The van der Waals surface area contributed by atoms with E-state index in [1.165, 1.54) is 0 Å². The molecule has 6 heteroatoms. The van der Waals surface area contributed by atoms with Crippen molar-refractivity contribution in [3.05, 3.63) is 35.4 Å². The normalized spacial score (nSPS) is 13.7. The summed E-state index contributed by atoms with van der Waals surface area (Å²) in [6, 6.07) is 5.94. The molecule has 0 aliphatic carbocycles. The van der Waals surface area contributed by atoms with Gasteiger partial charge in [-0.05, 0) is 12.1 Å². The van der Waals surface area contributed by atoms with E-state index in [-0.39, 0.29) is 5.82 Å². The second kappa shape index (κ2) is 4.71. The van der Waals surface area contributed by atoms with Crippen molar-refractivity contribution in [3.8, 4) is 6.07 Å². The van der Waals surface area contributed by atoms with Gasteiger partial charge in [-0.1, -0.05) is 0 Å². The number of aromatic amines is 1. The molecule has 1 aliphatic heterocycles. The van der Waals surface area contributed by atoms with Crippen molar-refractivity contribution < 1.29 is 0 Å². The molecule has 2 aromatic heterocycles. The van der Waals surface area contributed by atoms with E-state index in [4.69, 9.17) is 5.26 Å².